The van der Waals surface area contributed by atoms with Gasteiger partial charge in [-0.25, -0.2) is 8.96 Å². The summed E-state index contributed by atoms with van der Waals surface area (Å²) in [6.45, 7) is 1.44. The molecule has 0 aliphatic heterocycles. The van der Waals surface area contributed by atoms with Crippen molar-refractivity contribution in [1.82, 2.24) is 4.57 Å². The lowest BCUT2D eigenvalue weighted by molar-refractivity contribution is -0.688. The van der Waals surface area contributed by atoms with E-state index < -0.39 is 0 Å². The van der Waals surface area contributed by atoms with E-state index in [9.17, 15) is 4.39 Å². The first-order valence-corrected chi connectivity index (χ1v) is 9.46. The minimum atomic E-state index is -0.195. The Morgan fingerprint density at radius 3 is 2.11 bits per heavy atom. The Labute approximate surface area is 163 Å². The second kappa shape index (κ2) is 6.93. The SMILES string of the molecule is Fc1cccc(C[n+]2cccc(Cn3c4ccccc4c4ccccc43)c2)c1. The van der Waals surface area contributed by atoms with Crippen LogP contribution in [0.4, 0.5) is 4.39 Å². The first-order valence-electron chi connectivity index (χ1n) is 9.46. The summed E-state index contributed by atoms with van der Waals surface area (Å²) in [5.41, 5.74) is 4.65. The second-order valence-electron chi connectivity index (χ2n) is 7.13. The predicted octanol–water partition coefficient (Wildman–Crippen LogP) is 5.32. The lowest BCUT2D eigenvalue weighted by Gasteiger charge is -2.07. The highest BCUT2D eigenvalue weighted by Gasteiger charge is 2.12. The molecule has 0 spiro atoms. The van der Waals surface area contributed by atoms with Gasteiger partial charge in [0.1, 0.15) is 5.82 Å². The van der Waals surface area contributed by atoms with E-state index in [1.54, 1.807) is 12.1 Å². The van der Waals surface area contributed by atoms with Crippen LogP contribution in [-0.2, 0) is 13.1 Å². The largest absolute Gasteiger partial charge is 0.336 e. The second-order valence-corrected chi connectivity index (χ2v) is 7.13. The zero-order valence-corrected chi connectivity index (χ0v) is 15.4. The molecular weight excluding hydrogens is 347 g/mol. The molecule has 2 nitrogen and oxygen atoms in total. The van der Waals surface area contributed by atoms with Gasteiger partial charge in [0.15, 0.2) is 18.9 Å². The molecule has 0 N–H and O–H groups in total. The standard InChI is InChI=1S/C25H20FN2/c26-21-9-5-7-19(15-21)16-27-14-6-8-20(17-27)18-28-24-12-3-1-10-22(24)23-11-2-4-13-25(23)28/h1-15,17H,16,18H2/q+1. The van der Waals surface area contributed by atoms with Crippen LogP contribution in [0.3, 0.4) is 0 Å². The molecular formula is C25H20FN2+. The van der Waals surface area contributed by atoms with E-state index in [1.807, 2.05) is 12.3 Å². The fraction of sp³-hybridized carbons (Fsp3) is 0.0800. The van der Waals surface area contributed by atoms with E-state index >= 15 is 0 Å². The van der Waals surface area contributed by atoms with Gasteiger partial charge < -0.3 is 4.57 Å². The van der Waals surface area contributed by atoms with Crippen LogP contribution in [0.1, 0.15) is 11.1 Å². The Kier molecular flexibility index (Phi) is 4.13. The van der Waals surface area contributed by atoms with Gasteiger partial charge in [0.25, 0.3) is 0 Å². The molecule has 0 radical (unpaired) electrons. The number of fused-ring (bicyclic) bond motifs is 3. The van der Waals surface area contributed by atoms with Gasteiger partial charge in [0.05, 0.1) is 6.54 Å². The van der Waals surface area contributed by atoms with Gasteiger partial charge in [-0.3, -0.25) is 0 Å². The number of para-hydroxylation sites is 2. The van der Waals surface area contributed by atoms with Crippen molar-refractivity contribution in [1.29, 1.82) is 0 Å². The third kappa shape index (κ3) is 3.05. The minimum Gasteiger partial charge on any atom is -0.336 e. The number of benzene rings is 3. The Morgan fingerprint density at radius 1 is 0.714 bits per heavy atom. The van der Waals surface area contributed by atoms with Gasteiger partial charge in [-0.1, -0.05) is 48.5 Å². The molecule has 2 heterocycles. The summed E-state index contributed by atoms with van der Waals surface area (Å²) in [5, 5.41) is 2.56. The highest BCUT2D eigenvalue weighted by molar-refractivity contribution is 6.08. The van der Waals surface area contributed by atoms with Crippen LogP contribution in [0.5, 0.6) is 0 Å². The maximum absolute atomic E-state index is 13.5. The molecule has 0 saturated carbocycles. The van der Waals surface area contributed by atoms with Crippen molar-refractivity contribution in [3.63, 3.8) is 0 Å². The van der Waals surface area contributed by atoms with Crippen LogP contribution in [-0.4, -0.2) is 4.57 Å². The number of rotatable bonds is 4. The monoisotopic (exact) mass is 367 g/mol. The molecule has 0 aliphatic carbocycles. The van der Waals surface area contributed by atoms with Crippen LogP contribution in [0.25, 0.3) is 21.8 Å². The molecule has 5 rings (SSSR count). The Balaban J connectivity index is 1.53. The van der Waals surface area contributed by atoms with Crippen molar-refractivity contribution in [2.75, 3.05) is 0 Å². The van der Waals surface area contributed by atoms with Crippen molar-refractivity contribution in [3.05, 3.63) is 114 Å². The smallest absolute Gasteiger partial charge is 0.174 e. The Morgan fingerprint density at radius 2 is 1.39 bits per heavy atom. The molecule has 0 atom stereocenters. The first kappa shape index (κ1) is 16.7. The highest BCUT2D eigenvalue weighted by Crippen LogP contribution is 2.29. The number of nitrogens with zero attached hydrogens (tertiary/aromatic N) is 2. The fourth-order valence-corrected chi connectivity index (χ4v) is 3.97. The molecule has 136 valence electrons. The minimum absolute atomic E-state index is 0.195. The number of halogens is 1. The van der Waals surface area contributed by atoms with Crippen LogP contribution < -0.4 is 4.57 Å². The zero-order valence-electron chi connectivity index (χ0n) is 15.4. The van der Waals surface area contributed by atoms with Gasteiger partial charge in [-0.05, 0) is 30.3 Å². The number of hydrogen-bond donors (Lipinski definition) is 0. The lowest BCUT2D eigenvalue weighted by Crippen LogP contribution is -2.34. The van der Waals surface area contributed by atoms with Gasteiger partial charge in [-0.15, -0.1) is 0 Å². The Bertz CT molecular complexity index is 1230. The van der Waals surface area contributed by atoms with Gasteiger partial charge in [0.2, 0.25) is 0 Å². The van der Waals surface area contributed by atoms with Crippen LogP contribution in [0.2, 0.25) is 0 Å². The van der Waals surface area contributed by atoms with E-state index in [0.29, 0.717) is 6.54 Å². The van der Waals surface area contributed by atoms with Crippen molar-refractivity contribution in [2.45, 2.75) is 13.1 Å². The molecule has 0 amide bonds. The summed E-state index contributed by atoms with van der Waals surface area (Å²) < 4.78 is 18.0. The van der Waals surface area contributed by atoms with E-state index in [1.165, 1.54) is 33.4 Å². The predicted molar refractivity (Wildman–Crippen MR) is 111 cm³/mol. The normalized spacial score (nSPS) is 11.3. The molecule has 0 unspecified atom stereocenters. The Hall–Kier alpha value is -3.46. The molecule has 2 aromatic heterocycles. The average molecular weight is 367 g/mol. The van der Waals surface area contributed by atoms with Crippen molar-refractivity contribution < 1.29 is 8.96 Å². The molecule has 3 heteroatoms. The van der Waals surface area contributed by atoms with Crippen molar-refractivity contribution in [3.8, 4) is 0 Å². The van der Waals surface area contributed by atoms with Crippen molar-refractivity contribution >= 4 is 21.8 Å². The maximum Gasteiger partial charge on any atom is 0.174 e. The van der Waals surface area contributed by atoms with E-state index in [4.69, 9.17) is 0 Å². The molecule has 0 aliphatic rings. The highest BCUT2D eigenvalue weighted by atomic mass is 19.1. The lowest BCUT2D eigenvalue weighted by atomic mass is 10.2. The first-order chi connectivity index (χ1) is 13.8. The quantitative estimate of drug-likeness (QED) is 0.380. The fourth-order valence-electron chi connectivity index (χ4n) is 3.97. The summed E-state index contributed by atoms with van der Waals surface area (Å²) in [4.78, 5) is 0. The molecule has 5 aromatic rings. The van der Waals surface area contributed by atoms with Gasteiger partial charge in [0, 0.05) is 39.0 Å². The molecule has 0 fully saturated rings. The number of aromatic nitrogens is 2. The van der Waals surface area contributed by atoms with E-state index in [0.717, 1.165) is 12.1 Å². The number of pyridine rings is 1. The molecule has 3 aromatic carbocycles. The zero-order chi connectivity index (χ0) is 18.9. The van der Waals surface area contributed by atoms with E-state index in [2.05, 4.69) is 76.0 Å². The topological polar surface area (TPSA) is 8.81 Å². The van der Waals surface area contributed by atoms with Crippen LogP contribution >= 0.6 is 0 Å². The van der Waals surface area contributed by atoms with E-state index in [-0.39, 0.29) is 5.82 Å². The molecule has 28 heavy (non-hydrogen) atoms. The van der Waals surface area contributed by atoms with Crippen LogP contribution in [0.15, 0.2) is 97.3 Å². The summed E-state index contributed by atoms with van der Waals surface area (Å²) in [5.74, 6) is -0.195. The van der Waals surface area contributed by atoms with Crippen LogP contribution in [0, 0.1) is 5.82 Å². The van der Waals surface area contributed by atoms with Crippen molar-refractivity contribution in [2.24, 2.45) is 0 Å². The summed E-state index contributed by atoms with van der Waals surface area (Å²) in [6.07, 6.45) is 4.18. The third-order valence-electron chi connectivity index (χ3n) is 5.19. The maximum atomic E-state index is 13.5. The third-order valence-corrected chi connectivity index (χ3v) is 5.19. The number of hydrogen-bond acceptors (Lipinski definition) is 0. The average Bonchev–Trinajstić information content (AvgIpc) is 3.03. The summed E-state index contributed by atoms with van der Waals surface area (Å²) in [7, 11) is 0. The summed E-state index contributed by atoms with van der Waals surface area (Å²) >= 11 is 0. The van der Waals surface area contributed by atoms with Gasteiger partial charge in [-0.2, -0.15) is 0 Å². The van der Waals surface area contributed by atoms with Gasteiger partial charge >= 0.3 is 0 Å². The molecule has 0 bridgehead atoms. The summed E-state index contributed by atoms with van der Waals surface area (Å²) in [6, 6.07) is 28.1. The molecule has 0 saturated heterocycles.